The molecule has 0 saturated heterocycles. The summed E-state index contributed by atoms with van der Waals surface area (Å²) in [5.74, 6) is 0.512. The van der Waals surface area contributed by atoms with Crippen LogP contribution in [0.3, 0.4) is 0 Å². The molecule has 19 heavy (non-hydrogen) atoms. The van der Waals surface area contributed by atoms with Gasteiger partial charge in [0.2, 0.25) is 0 Å². The molecule has 0 fully saturated rings. The molecule has 0 aromatic heterocycles. The van der Waals surface area contributed by atoms with Gasteiger partial charge in [0.15, 0.2) is 11.5 Å². The monoisotopic (exact) mass is 260 g/mol. The second kappa shape index (κ2) is 5.61. The zero-order chi connectivity index (χ0) is 13.8. The van der Waals surface area contributed by atoms with Crippen molar-refractivity contribution in [2.45, 2.75) is 6.92 Å². The van der Waals surface area contributed by atoms with Crippen molar-refractivity contribution in [2.75, 3.05) is 20.8 Å². The lowest BCUT2D eigenvalue weighted by Crippen LogP contribution is -2.08. The quantitative estimate of drug-likeness (QED) is 0.793. The van der Waals surface area contributed by atoms with Crippen LogP contribution in [0.1, 0.15) is 17.3 Å². The summed E-state index contributed by atoms with van der Waals surface area (Å²) in [6.07, 6.45) is 0. The first kappa shape index (κ1) is 13.2. The van der Waals surface area contributed by atoms with E-state index in [1.54, 1.807) is 14.0 Å². The van der Waals surface area contributed by atoms with Crippen molar-refractivity contribution in [3.8, 4) is 11.5 Å². The highest BCUT2D eigenvalue weighted by molar-refractivity contribution is 6.08. The number of methoxy groups -OCH3 is 2. The van der Waals surface area contributed by atoms with Gasteiger partial charge in [0, 0.05) is 5.39 Å². The van der Waals surface area contributed by atoms with Crippen LogP contribution in [0.4, 0.5) is 0 Å². The summed E-state index contributed by atoms with van der Waals surface area (Å²) < 4.78 is 15.7. The molecule has 0 saturated carbocycles. The molecule has 2 aromatic carbocycles. The van der Waals surface area contributed by atoms with Crippen LogP contribution in [0.25, 0.3) is 10.8 Å². The lowest BCUT2D eigenvalue weighted by atomic mass is 10.0. The van der Waals surface area contributed by atoms with Gasteiger partial charge >= 0.3 is 5.97 Å². The smallest absolute Gasteiger partial charge is 0.342 e. The average molecular weight is 260 g/mol. The molecule has 0 aliphatic rings. The molecule has 4 nitrogen and oxygen atoms in total. The molecule has 0 atom stereocenters. The van der Waals surface area contributed by atoms with Gasteiger partial charge in [-0.3, -0.25) is 0 Å². The van der Waals surface area contributed by atoms with Gasteiger partial charge in [-0.05, 0) is 18.4 Å². The third-order valence-corrected chi connectivity index (χ3v) is 2.87. The Kier molecular flexibility index (Phi) is 3.90. The number of benzene rings is 2. The molecular weight excluding hydrogens is 244 g/mol. The van der Waals surface area contributed by atoms with E-state index in [0.29, 0.717) is 23.7 Å². The second-order valence-electron chi connectivity index (χ2n) is 3.93. The van der Waals surface area contributed by atoms with Gasteiger partial charge in [-0.25, -0.2) is 4.79 Å². The Morgan fingerprint density at radius 2 is 1.89 bits per heavy atom. The van der Waals surface area contributed by atoms with E-state index in [-0.39, 0.29) is 0 Å². The molecule has 0 N–H and O–H groups in total. The van der Waals surface area contributed by atoms with Crippen LogP contribution in [0.15, 0.2) is 30.3 Å². The number of carbonyl (C=O) groups excluding carboxylic acids is 1. The number of rotatable bonds is 4. The van der Waals surface area contributed by atoms with E-state index in [4.69, 9.17) is 14.2 Å². The van der Waals surface area contributed by atoms with Gasteiger partial charge in [-0.15, -0.1) is 0 Å². The fourth-order valence-corrected chi connectivity index (χ4v) is 2.06. The Morgan fingerprint density at radius 1 is 1.16 bits per heavy atom. The molecule has 2 rings (SSSR count). The van der Waals surface area contributed by atoms with E-state index in [1.807, 2.05) is 30.3 Å². The second-order valence-corrected chi connectivity index (χ2v) is 3.93. The third kappa shape index (κ3) is 2.34. The number of hydrogen-bond donors (Lipinski definition) is 0. The maximum Gasteiger partial charge on any atom is 0.342 e. The van der Waals surface area contributed by atoms with Crippen molar-refractivity contribution in [3.05, 3.63) is 35.9 Å². The van der Waals surface area contributed by atoms with E-state index in [2.05, 4.69) is 0 Å². The number of hydrogen-bond acceptors (Lipinski definition) is 4. The fourth-order valence-electron chi connectivity index (χ4n) is 2.06. The zero-order valence-corrected chi connectivity index (χ0v) is 11.2. The Balaban J connectivity index is 2.77. The topological polar surface area (TPSA) is 44.8 Å². The summed E-state index contributed by atoms with van der Waals surface area (Å²) in [4.78, 5) is 12.1. The minimum Gasteiger partial charge on any atom is -0.493 e. The maximum absolute atomic E-state index is 12.1. The molecule has 0 bridgehead atoms. The maximum atomic E-state index is 12.1. The standard InChI is InChI=1S/C15H16O4/c1-4-19-15(16)13-11-8-6-5-7-10(11)9-12(17-2)14(13)18-3/h5-9H,4H2,1-3H3. The van der Waals surface area contributed by atoms with Gasteiger partial charge in [0.25, 0.3) is 0 Å². The first-order valence-corrected chi connectivity index (χ1v) is 6.03. The molecule has 0 heterocycles. The molecule has 2 aromatic rings. The Bertz CT molecular complexity index is 604. The molecule has 100 valence electrons. The molecule has 0 aliphatic heterocycles. The summed E-state index contributed by atoms with van der Waals surface area (Å²) in [5.41, 5.74) is 0.402. The Hall–Kier alpha value is -2.23. The highest BCUT2D eigenvalue weighted by Crippen LogP contribution is 2.37. The van der Waals surface area contributed by atoms with E-state index in [9.17, 15) is 4.79 Å². The van der Waals surface area contributed by atoms with Crippen LogP contribution in [0.2, 0.25) is 0 Å². The van der Waals surface area contributed by atoms with Gasteiger partial charge in [0.1, 0.15) is 5.56 Å². The van der Waals surface area contributed by atoms with Gasteiger partial charge in [-0.2, -0.15) is 0 Å². The normalized spacial score (nSPS) is 10.3. The van der Waals surface area contributed by atoms with Crippen LogP contribution in [0, 0.1) is 0 Å². The molecule has 0 unspecified atom stereocenters. The highest BCUT2D eigenvalue weighted by Gasteiger charge is 2.21. The molecule has 0 radical (unpaired) electrons. The molecule has 0 aliphatic carbocycles. The van der Waals surface area contributed by atoms with Crippen LogP contribution in [-0.4, -0.2) is 26.8 Å². The van der Waals surface area contributed by atoms with Crippen molar-refractivity contribution in [1.82, 2.24) is 0 Å². The third-order valence-electron chi connectivity index (χ3n) is 2.87. The van der Waals surface area contributed by atoms with Gasteiger partial charge in [0.05, 0.1) is 20.8 Å². The number of carbonyl (C=O) groups is 1. The first-order chi connectivity index (χ1) is 9.22. The summed E-state index contributed by atoms with van der Waals surface area (Å²) in [5, 5.41) is 1.70. The summed E-state index contributed by atoms with van der Waals surface area (Å²) in [7, 11) is 3.05. The van der Waals surface area contributed by atoms with Crippen LogP contribution in [0.5, 0.6) is 11.5 Å². The van der Waals surface area contributed by atoms with Crippen molar-refractivity contribution in [1.29, 1.82) is 0 Å². The zero-order valence-electron chi connectivity index (χ0n) is 11.2. The van der Waals surface area contributed by atoms with E-state index in [0.717, 1.165) is 10.8 Å². The predicted octanol–water partition coefficient (Wildman–Crippen LogP) is 3.03. The van der Waals surface area contributed by atoms with Crippen molar-refractivity contribution in [3.63, 3.8) is 0 Å². The fraction of sp³-hybridized carbons (Fsp3) is 0.267. The Morgan fingerprint density at radius 3 is 2.53 bits per heavy atom. The largest absolute Gasteiger partial charge is 0.493 e. The minimum absolute atomic E-state index is 0.313. The summed E-state index contributed by atoms with van der Waals surface area (Å²) in [6, 6.07) is 9.40. The SMILES string of the molecule is CCOC(=O)c1c(OC)c(OC)cc2ccccc12. The summed E-state index contributed by atoms with van der Waals surface area (Å²) in [6.45, 7) is 2.08. The minimum atomic E-state index is -0.408. The van der Waals surface area contributed by atoms with Crippen LogP contribution < -0.4 is 9.47 Å². The van der Waals surface area contributed by atoms with Crippen molar-refractivity contribution >= 4 is 16.7 Å². The molecule has 0 amide bonds. The number of fused-ring (bicyclic) bond motifs is 1. The lowest BCUT2D eigenvalue weighted by Gasteiger charge is -2.14. The first-order valence-electron chi connectivity index (χ1n) is 6.03. The Labute approximate surface area is 111 Å². The number of ether oxygens (including phenoxy) is 3. The van der Waals surface area contributed by atoms with Crippen LogP contribution in [-0.2, 0) is 4.74 Å². The average Bonchev–Trinajstić information content (AvgIpc) is 2.45. The van der Waals surface area contributed by atoms with Crippen LogP contribution >= 0.6 is 0 Å². The molecular formula is C15H16O4. The van der Waals surface area contributed by atoms with E-state index >= 15 is 0 Å². The lowest BCUT2D eigenvalue weighted by molar-refractivity contribution is 0.0524. The highest BCUT2D eigenvalue weighted by atomic mass is 16.5. The molecule has 4 heteroatoms. The van der Waals surface area contributed by atoms with Gasteiger partial charge < -0.3 is 14.2 Å². The van der Waals surface area contributed by atoms with E-state index < -0.39 is 5.97 Å². The number of esters is 1. The summed E-state index contributed by atoms with van der Waals surface area (Å²) >= 11 is 0. The van der Waals surface area contributed by atoms with Gasteiger partial charge in [-0.1, -0.05) is 24.3 Å². The van der Waals surface area contributed by atoms with Crippen molar-refractivity contribution < 1.29 is 19.0 Å². The van der Waals surface area contributed by atoms with E-state index in [1.165, 1.54) is 7.11 Å². The predicted molar refractivity (Wildman–Crippen MR) is 73.0 cm³/mol. The molecule has 0 spiro atoms. The van der Waals surface area contributed by atoms with Crippen molar-refractivity contribution in [2.24, 2.45) is 0 Å².